The second-order valence-corrected chi connectivity index (χ2v) is 4.46. The third-order valence-electron chi connectivity index (χ3n) is 3.27. The van der Waals surface area contributed by atoms with E-state index in [4.69, 9.17) is 5.73 Å². The smallest absolute Gasteiger partial charge is 0.125 e. The molecule has 0 radical (unpaired) electrons. The maximum absolute atomic E-state index is 6.05. The second-order valence-electron chi connectivity index (χ2n) is 4.46. The Morgan fingerprint density at radius 2 is 1.82 bits per heavy atom. The van der Waals surface area contributed by atoms with Gasteiger partial charge in [0.15, 0.2) is 0 Å². The van der Waals surface area contributed by atoms with Crippen LogP contribution in [0.2, 0.25) is 0 Å². The highest BCUT2D eigenvalue weighted by molar-refractivity contribution is 5.73. The number of nitrogen functional groups attached to an aromatic ring is 1. The molecule has 2 rings (SSSR count). The van der Waals surface area contributed by atoms with Crippen LogP contribution in [0.1, 0.15) is 23.6 Å². The van der Waals surface area contributed by atoms with E-state index in [-0.39, 0.29) is 0 Å². The largest absolute Gasteiger partial charge is 0.384 e. The number of nitrogens with zero attached hydrogens (tertiary/aromatic N) is 2. The molecule has 3 nitrogen and oxygen atoms in total. The molecule has 2 N–H and O–H groups in total. The lowest BCUT2D eigenvalue weighted by molar-refractivity contribution is 0.781. The Morgan fingerprint density at radius 1 is 1.24 bits per heavy atom. The van der Waals surface area contributed by atoms with Gasteiger partial charge in [0.25, 0.3) is 0 Å². The van der Waals surface area contributed by atoms with Gasteiger partial charge < -0.3 is 5.73 Å². The fraction of sp³-hybridized carbons (Fsp3) is 0.357. The van der Waals surface area contributed by atoms with E-state index in [9.17, 15) is 0 Å². The van der Waals surface area contributed by atoms with E-state index < -0.39 is 0 Å². The van der Waals surface area contributed by atoms with Crippen molar-refractivity contribution in [3.63, 3.8) is 0 Å². The lowest BCUT2D eigenvalue weighted by Crippen LogP contribution is -1.98. The average molecular weight is 229 g/mol. The Balaban J connectivity index is 2.73. The van der Waals surface area contributed by atoms with Gasteiger partial charge in [0.1, 0.15) is 5.82 Å². The topological polar surface area (TPSA) is 43.8 Å². The van der Waals surface area contributed by atoms with E-state index in [1.165, 1.54) is 16.7 Å². The summed E-state index contributed by atoms with van der Waals surface area (Å²) in [5.41, 5.74) is 11.9. The molecular weight excluding hydrogens is 210 g/mol. The quantitative estimate of drug-likeness (QED) is 0.860. The number of aromatic nitrogens is 2. The van der Waals surface area contributed by atoms with E-state index in [1.54, 1.807) is 4.68 Å². The molecule has 90 valence electrons. The number of rotatable bonds is 2. The minimum Gasteiger partial charge on any atom is -0.384 e. The van der Waals surface area contributed by atoms with Crippen LogP contribution < -0.4 is 5.73 Å². The highest BCUT2D eigenvalue weighted by Crippen LogP contribution is 2.31. The third kappa shape index (κ3) is 1.82. The van der Waals surface area contributed by atoms with Crippen molar-refractivity contribution in [2.45, 2.75) is 27.2 Å². The van der Waals surface area contributed by atoms with E-state index in [1.807, 2.05) is 7.05 Å². The maximum Gasteiger partial charge on any atom is 0.125 e. The van der Waals surface area contributed by atoms with Crippen molar-refractivity contribution in [2.75, 3.05) is 5.73 Å². The molecule has 0 saturated carbocycles. The van der Waals surface area contributed by atoms with Crippen molar-refractivity contribution in [1.29, 1.82) is 0 Å². The first-order chi connectivity index (χ1) is 8.06. The molecule has 0 saturated heterocycles. The van der Waals surface area contributed by atoms with Crippen molar-refractivity contribution >= 4 is 5.82 Å². The Labute approximate surface area is 102 Å². The van der Waals surface area contributed by atoms with Crippen molar-refractivity contribution in [1.82, 2.24) is 9.78 Å². The molecule has 2 aromatic rings. The molecule has 0 aliphatic carbocycles. The Morgan fingerprint density at radius 3 is 2.35 bits per heavy atom. The van der Waals surface area contributed by atoms with Gasteiger partial charge in [0.2, 0.25) is 0 Å². The van der Waals surface area contributed by atoms with Crippen LogP contribution in [0.15, 0.2) is 18.2 Å². The molecule has 0 fully saturated rings. The molecule has 0 aliphatic rings. The molecular formula is C14H19N3. The fourth-order valence-electron chi connectivity index (χ4n) is 2.32. The summed E-state index contributed by atoms with van der Waals surface area (Å²) in [6.45, 7) is 6.35. The zero-order valence-electron chi connectivity index (χ0n) is 10.9. The molecule has 0 amide bonds. The van der Waals surface area contributed by atoms with Crippen LogP contribution in [-0.4, -0.2) is 9.78 Å². The summed E-state index contributed by atoms with van der Waals surface area (Å²) >= 11 is 0. The third-order valence-corrected chi connectivity index (χ3v) is 3.27. The van der Waals surface area contributed by atoms with E-state index in [0.717, 1.165) is 23.5 Å². The molecule has 0 aliphatic heterocycles. The number of benzene rings is 1. The molecule has 0 spiro atoms. The Hall–Kier alpha value is -1.77. The Bertz CT molecular complexity index is 533. The summed E-state index contributed by atoms with van der Waals surface area (Å²) in [5, 5.41) is 4.56. The summed E-state index contributed by atoms with van der Waals surface area (Å²) in [6, 6.07) is 6.31. The minimum atomic E-state index is 0.769. The monoisotopic (exact) mass is 229 g/mol. The lowest BCUT2D eigenvalue weighted by Gasteiger charge is -2.08. The summed E-state index contributed by atoms with van der Waals surface area (Å²) < 4.78 is 1.76. The van der Waals surface area contributed by atoms with Gasteiger partial charge in [0.05, 0.1) is 5.69 Å². The number of anilines is 1. The van der Waals surface area contributed by atoms with Crippen LogP contribution in [0.5, 0.6) is 0 Å². The highest BCUT2D eigenvalue weighted by atomic mass is 15.3. The van der Waals surface area contributed by atoms with Gasteiger partial charge >= 0.3 is 0 Å². The highest BCUT2D eigenvalue weighted by Gasteiger charge is 2.16. The van der Waals surface area contributed by atoms with E-state index in [2.05, 4.69) is 44.1 Å². The van der Waals surface area contributed by atoms with Crippen LogP contribution in [0.4, 0.5) is 5.82 Å². The average Bonchev–Trinajstić information content (AvgIpc) is 2.55. The van der Waals surface area contributed by atoms with Crippen molar-refractivity contribution < 1.29 is 0 Å². The minimum absolute atomic E-state index is 0.769. The fourth-order valence-corrected chi connectivity index (χ4v) is 2.32. The number of aryl methyl sites for hydroxylation is 3. The lowest BCUT2D eigenvalue weighted by atomic mass is 9.97. The van der Waals surface area contributed by atoms with Crippen molar-refractivity contribution in [2.24, 2.45) is 7.05 Å². The van der Waals surface area contributed by atoms with Gasteiger partial charge in [-0.2, -0.15) is 5.10 Å². The summed E-state index contributed by atoms with van der Waals surface area (Å²) in [7, 11) is 1.89. The maximum atomic E-state index is 6.05. The number of hydrogen-bond acceptors (Lipinski definition) is 2. The van der Waals surface area contributed by atoms with Crippen molar-refractivity contribution in [3.05, 3.63) is 34.9 Å². The van der Waals surface area contributed by atoms with Crippen LogP contribution in [0.25, 0.3) is 11.3 Å². The number of nitrogens with two attached hydrogens (primary N) is 1. The molecule has 0 unspecified atom stereocenters. The molecule has 0 atom stereocenters. The van der Waals surface area contributed by atoms with Gasteiger partial charge in [-0.15, -0.1) is 0 Å². The molecule has 3 heteroatoms. The van der Waals surface area contributed by atoms with Gasteiger partial charge in [0, 0.05) is 18.2 Å². The van der Waals surface area contributed by atoms with E-state index in [0.29, 0.717) is 0 Å². The predicted octanol–water partition coefficient (Wildman–Crippen LogP) is 2.85. The molecule has 0 bridgehead atoms. The van der Waals surface area contributed by atoms with Gasteiger partial charge in [-0.3, -0.25) is 4.68 Å². The van der Waals surface area contributed by atoms with Crippen LogP contribution in [0.3, 0.4) is 0 Å². The first-order valence-electron chi connectivity index (χ1n) is 5.94. The number of hydrogen-bond donors (Lipinski definition) is 1. The molecule has 1 aromatic heterocycles. The SMILES string of the molecule is CCc1c(-c2c(C)cccc2C)nn(C)c1N. The van der Waals surface area contributed by atoms with Crippen molar-refractivity contribution in [3.8, 4) is 11.3 Å². The van der Waals surface area contributed by atoms with Crippen LogP contribution in [-0.2, 0) is 13.5 Å². The normalized spacial score (nSPS) is 10.8. The van der Waals surface area contributed by atoms with Gasteiger partial charge in [-0.05, 0) is 31.4 Å². The predicted molar refractivity (Wildman–Crippen MR) is 71.9 cm³/mol. The van der Waals surface area contributed by atoms with Gasteiger partial charge in [-0.25, -0.2) is 0 Å². The summed E-state index contributed by atoms with van der Waals surface area (Å²) in [4.78, 5) is 0. The molecule has 1 aromatic carbocycles. The van der Waals surface area contributed by atoms with Crippen LogP contribution >= 0.6 is 0 Å². The summed E-state index contributed by atoms with van der Waals surface area (Å²) in [5.74, 6) is 0.769. The zero-order chi connectivity index (χ0) is 12.6. The molecule has 17 heavy (non-hydrogen) atoms. The standard InChI is InChI=1S/C14H19N3/c1-5-11-13(16-17(4)14(11)15)12-9(2)7-6-8-10(12)3/h6-8H,5,15H2,1-4H3. The first-order valence-corrected chi connectivity index (χ1v) is 5.94. The zero-order valence-corrected chi connectivity index (χ0v) is 10.9. The van der Waals surface area contributed by atoms with E-state index >= 15 is 0 Å². The molecule has 1 heterocycles. The Kier molecular flexibility index (Phi) is 2.92. The second kappa shape index (κ2) is 4.24. The first kappa shape index (κ1) is 11.7. The van der Waals surface area contributed by atoms with Crippen LogP contribution in [0, 0.1) is 13.8 Å². The summed E-state index contributed by atoms with van der Waals surface area (Å²) in [6.07, 6.45) is 0.906. The van der Waals surface area contributed by atoms with Gasteiger partial charge in [-0.1, -0.05) is 25.1 Å².